The molecule has 0 unspecified atom stereocenters. The van der Waals surface area contributed by atoms with E-state index in [2.05, 4.69) is 48.0 Å². The van der Waals surface area contributed by atoms with Crippen molar-refractivity contribution in [2.24, 2.45) is 0 Å². The molecule has 0 fully saturated rings. The van der Waals surface area contributed by atoms with Gasteiger partial charge in [-0.3, -0.25) is 4.79 Å². The summed E-state index contributed by atoms with van der Waals surface area (Å²) >= 11 is 1.38. The normalized spacial score (nSPS) is 10.8. The lowest BCUT2D eigenvalue weighted by atomic mass is 10.2. The Hall–Kier alpha value is -2.65. The number of hydrogen-bond acceptors (Lipinski definition) is 5. The summed E-state index contributed by atoms with van der Waals surface area (Å²) in [6.07, 6.45) is 0. The average Bonchev–Trinajstić information content (AvgIpc) is 2.88. The van der Waals surface area contributed by atoms with E-state index in [1.807, 2.05) is 13.0 Å². The quantitative estimate of drug-likeness (QED) is 0.732. The highest BCUT2D eigenvalue weighted by Crippen LogP contribution is 2.21. The van der Waals surface area contributed by atoms with Crippen LogP contribution in [-0.2, 0) is 6.54 Å². The summed E-state index contributed by atoms with van der Waals surface area (Å²) in [5.41, 5.74) is 3.21. The molecule has 0 spiro atoms. The van der Waals surface area contributed by atoms with E-state index in [-0.39, 0.29) is 5.56 Å². The van der Waals surface area contributed by atoms with Gasteiger partial charge < -0.3 is 4.90 Å². The monoisotopic (exact) mass is 338 g/mol. The highest BCUT2D eigenvalue weighted by Gasteiger charge is 2.14. The molecule has 2 aromatic heterocycles. The molecule has 0 atom stereocenters. The van der Waals surface area contributed by atoms with Crippen molar-refractivity contribution in [3.8, 4) is 6.07 Å². The number of nitrogens with zero attached hydrogens (tertiary/aromatic N) is 4. The topological polar surface area (TPSA) is 61.4 Å². The van der Waals surface area contributed by atoms with E-state index in [1.54, 1.807) is 0 Å². The zero-order valence-electron chi connectivity index (χ0n) is 13.9. The lowest BCUT2D eigenvalue weighted by Gasteiger charge is -2.23. The third-order valence-corrected chi connectivity index (χ3v) is 4.91. The Bertz CT molecular complexity index is 996. The van der Waals surface area contributed by atoms with Gasteiger partial charge in [0.05, 0.1) is 12.2 Å². The van der Waals surface area contributed by atoms with Crippen molar-refractivity contribution >= 4 is 22.0 Å². The number of rotatable bonds is 4. The van der Waals surface area contributed by atoms with Gasteiger partial charge in [0.2, 0.25) is 0 Å². The molecule has 0 bridgehead atoms. The van der Waals surface area contributed by atoms with Crippen LogP contribution in [0.25, 0.3) is 4.96 Å². The molecule has 0 aliphatic heterocycles. The average molecular weight is 338 g/mol. The molecule has 122 valence electrons. The fourth-order valence-electron chi connectivity index (χ4n) is 2.74. The number of thiazole rings is 1. The van der Waals surface area contributed by atoms with Crippen LogP contribution in [0.5, 0.6) is 0 Å². The van der Waals surface area contributed by atoms with Crippen LogP contribution in [0, 0.1) is 25.2 Å². The number of fused-ring (bicyclic) bond motifs is 1. The molecule has 0 N–H and O–H groups in total. The molecular formula is C18H18N4OS. The van der Waals surface area contributed by atoms with Gasteiger partial charge in [-0.2, -0.15) is 5.26 Å². The molecular weight excluding hydrogens is 320 g/mol. The maximum absolute atomic E-state index is 12.4. The van der Waals surface area contributed by atoms with Crippen LogP contribution in [0.2, 0.25) is 0 Å². The Morgan fingerprint density at radius 2 is 2.12 bits per heavy atom. The van der Waals surface area contributed by atoms with E-state index >= 15 is 0 Å². The minimum atomic E-state index is -0.198. The van der Waals surface area contributed by atoms with Crippen LogP contribution in [0.15, 0.2) is 35.1 Å². The zero-order chi connectivity index (χ0) is 17.3. The van der Waals surface area contributed by atoms with Gasteiger partial charge in [0.25, 0.3) is 5.56 Å². The summed E-state index contributed by atoms with van der Waals surface area (Å²) < 4.78 is 1.40. The molecule has 1 aromatic carbocycles. The maximum atomic E-state index is 12.4. The number of aryl methyl sites for hydroxylation is 2. The minimum Gasteiger partial charge on any atom is -0.366 e. The van der Waals surface area contributed by atoms with E-state index in [0.29, 0.717) is 22.9 Å². The molecule has 3 rings (SSSR count). The summed E-state index contributed by atoms with van der Waals surface area (Å²) in [7, 11) is 0. The van der Waals surface area contributed by atoms with E-state index in [9.17, 15) is 10.1 Å². The van der Waals surface area contributed by atoms with E-state index in [0.717, 1.165) is 17.1 Å². The summed E-state index contributed by atoms with van der Waals surface area (Å²) in [5, 5.41) is 9.22. The maximum Gasteiger partial charge on any atom is 0.259 e. The van der Waals surface area contributed by atoms with Crippen molar-refractivity contribution in [3.05, 3.63) is 62.5 Å². The highest BCUT2D eigenvalue weighted by molar-refractivity contribution is 7.17. The zero-order valence-corrected chi connectivity index (χ0v) is 14.7. The van der Waals surface area contributed by atoms with Gasteiger partial charge in [0.1, 0.15) is 11.8 Å². The van der Waals surface area contributed by atoms with Gasteiger partial charge in [0, 0.05) is 23.2 Å². The molecule has 5 nitrogen and oxygen atoms in total. The first-order chi connectivity index (χ1) is 11.5. The second-order valence-corrected chi connectivity index (χ2v) is 6.86. The van der Waals surface area contributed by atoms with Gasteiger partial charge in [-0.1, -0.05) is 12.1 Å². The Morgan fingerprint density at radius 3 is 2.79 bits per heavy atom. The summed E-state index contributed by atoms with van der Waals surface area (Å²) in [6.45, 7) is 7.35. The number of nitriles is 1. The third-order valence-electron chi connectivity index (χ3n) is 3.95. The molecule has 0 aliphatic carbocycles. The van der Waals surface area contributed by atoms with Gasteiger partial charge >= 0.3 is 0 Å². The third kappa shape index (κ3) is 2.91. The Labute approximate surface area is 144 Å². The Kier molecular flexibility index (Phi) is 4.36. The van der Waals surface area contributed by atoms with E-state index in [1.165, 1.54) is 27.4 Å². The predicted octanol–water partition coefficient (Wildman–Crippen LogP) is 3.27. The fourth-order valence-corrected chi connectivity index (χ4v) is 3.68. The van der Waals surface area contributed by atoms with Crippen LogP contribution in [0.4, 0.5) is 5.69 Å². The number of benzene rings is 1. The smallest absolute Gasteiger partial charge is 0.259 e. The minimum absolute atomic E-state index is 0.198. The Morgan fingerprint density at radius 1 is 1.33 bits per heavy atom. The standard InChI is InChI=1S/C18H18N4OS/c1-4-21(15-7-5-6-12(2)8-15)11-14-9-17(23)22-16(10-19)13(3)24-18(22)20-14/h5-9H,4,11H2,1-3H3. The SMILES string of the molecule is CCN(Cc1cc(=O)n2c(C#N)c(C)sc2n1)c1cccc(C)c1. The van der Waals surface area contributed by atoms with Crippen LogP contribution in [-0.4, -0.2) is 15.9 Å². The van der Waals surface area contributed by atoms with Crippen molar-refractivity contribution in [1.29, 1.82) is 5.26 Å². The van der Waals surface area contributed by atoms with Gasteiger partial charge in [0.15, 0.2) is 4.96 Å². The first-order valence-electron chi connectivity index (χ1n) is 7.77. The fraction of sp³-hybridized carbons (Fsp3) is 0.278. The van der Waals surface area contributed by atoms with Gasteiger partial charge in [-0.25, -0.2) is 9.38 Å². The lowest BCUT2D eigenvalue weighted by Crippen LogP contribution is -2.25. The Balaban J connectivity index is 2.01. The van der Waals surface area contributed by atoms with Crippen molar-refractivity contribution < 1.29 is 0 Å². The predicted molar refractivity (Wildman–Crippen MR) is 96.7 cm³/mol. The van der Waals surface area contributed by atoms with Crippen LogP contribution in [0.1, 0.15) is 28.8 Å². The van der Waals surface area contributed by atoms with E-state index < -0.39 is 0 Å². The molecule has 0 saturated carbocycles. The number of anilines is 1. The molecule has 0 aliphatic rings. The summed E-state index contributed by atoms with van der Waals surface area (Å²) in [6, 6.07) is 11.9. The van der Waals surface area contributed by atoms with Crippen LogP contribution < -0.4 is 10.5 Å². The molecule has 24 heavy (non-hydrogen) atoms. The van der Waals surface area contributed by atoms with Crippen molar-refractivity contribution in [3.63, 3.8) is 0 Å². The molecule has 0 saturated heterocycles. The first kappa shape index (κ1) is 16.2. The van der Waals surface area contributed by atoms with E-state index in [4.69, 9.17) is 0 Å². The molecule has 0 radical (unpaired) electrons. The molecule has 2 heterocycles. The van der Waals surface area contributed by atoms with Gasteiger partial charge in [-0.15, -0.1) is 11.3 Å². The van der Waals surface area contributed by atoms with Crippen LogP contribution in [0.3, 0.4) is 0 Å². The first-order valence-corrected chi connectivity index (χ1v) is 8.59. The second-order valence-electron chi connectivity index (χ2n) is 5.68. The molecule has 0 amide bonds. The van der Waals surface area contributed by atoms with Crippen LogP contribution >= 0.6 is 11.3 Å². The highest BCUT2D eigenvalue weighted by atomic mass is 32.1. The summed E-state index contributed by atoms with van der Waals surface area (Å²) in [5.74, 6) is 0. The lowest BCUT2D eigenvalue weighted by molar-refractivity contribution is 0.805. The van der Waals surface area contributed by atoms with Gasteiger partial charge in [-0.05, 0) is 38.5 Å². The second kappa shape index (κ2) is 6.46. The summed E-state index contributed by atoms with van der Waals surface area (Å²) in [4.78, 5) is 20.6. The molecule has 6 heteroatoms. The molecule has 3 aromatic rings. The number of aromatic nitrogens is 2. The largest absolute Gasteiger partial charge is 0.366 e. The van der Waals surface area contributed by atoms with Crippen molar-refractivity contribution in [2.75, 3.05) is 11.4 Å². The van der Waals surface area contributed by atoms with Crippen molar-refractivity contribution in [1.82, 2.24) is 9.38 Å². The number of hydrogen-bond donors (Lipinski definition) is 0. The van der Waals surface area contributed by atoms with Crippen molar-refractivity contribution in [2.45, 2.75) is 27.3 Å².